The van der Waals surface area contributed by atoms with E-state index >= 15 is 0 Å². The Bertz CT molecular complexity index is 951. The summed E-state index contributed by atoms with van der Waals surface area (Å²) in [5, 5.41) is 18.3. The Morgan fingerprint density at radius 1 is 1.19 bits per heavy atom. The molecule has 0 radical (unpaired) electrons. The normalized spacial score (nSPS) is 12.3. The molecule has 0 aliphatic rings. The molecule has 138 valence electrons. The number of thioether (sulfide) groups is 1. The zero-order chi connectivity index (χ0) is 19.1. The maximum absolute atomic E-state index is 12.1. The molecule has 0 atom stereocenters. The molecule has 0 saturated heterocycles. The topological polar surface area (TPSA) is 84.1 Å². The lowest BCUT2D eigenvalue weighted by atomic mass is 10.3. The average Bonchev–Trinajstić information content (AvgIpc) is 3.10. The molecule has 27 heavy (non-hydrogen) atoms. The minimum atomic E-state index is -0.709. The van der Waals surface area contributed by atoms with Crippen molar-refractivity contribution >= 4 is 45.0 Å². The highest BCUT2D eigenvalue weighted by Crippen LogP contribution is 2.30. The van der Waals surface area contributed by atoms with Gasteiger partial charge in [0.15, 0.2) is 4.34 Å². The summed E-state index contributed by atoms with van der Waals surface area (Å²) < 4.78 is 6.85. The van der Waals surface area contributed by atoms with Crippen molar-refractivity contribution in [2.24, 2.45) is 10.2 Å². The third-order valence-electron chi connectivity index (χ3n) is 3.37. The average molecular weight is 399 g/mol. The minimum absolute atomic E-state index is 0.141. The van der Waals surface area contributed by atoms with E-state index in [0.29, 0.717) is 5.69 Å². The Labute approximate surface area is 164 Å². The summed E-state index contributed by atoms with van der Waals surface area (Å²) in [4.78, 5) is 16.6. The summed E-state index contributed by atoms with van der Waals surface area (Å²) in [5.74, 6) is -0.765. The van der Waals surface area contributed by atoms with Gasteiger partial charge in [-0.25, -0.2) is 9.78 Å². The lowest BCUT2D eigenvalue weighted by Crippen LogP contribution is -2.09. The number of nitrogens with zero attached hydrogens (tertiary/aromatic N) is 3. The molecule has 1 heterocycles. The summed E-state index contributed by atoms with van der Waals surface area (Å²) in [7, 11) is 0. The van der Waals surface area contributed by atoms with Gasteiger partial charge in [-0.2, -0.15) is 5.11 Å². The third kappa shape index (κ3) is 5.15. The number of benzene rings is 2. The van der Waals surface area contributed by atoms with Crippen LogP contribution in [0.5, 0.6) is 0 Å². The number of hydrogen-bond donors (Lipinski definition) is 1. The SMILES string of the molecule is CCOC(=O)/C(N=Nc1ccccc1)=C(\O)CSc1nc2ccccc2s1. The van der Waals surface area contributed by atoms with E-state index in [2.05, 4.69) is 15.2 Å². The van der Waals surface area contributed by atoms with Gasteiger partial charge in [0.1, 0.15) is 5.76 Å². The van der Waals surface area contributed by atoms with Gasteiger partial charge < -0.3 is 9.84 Å². The molecule has 0 spiro atoms. The first kappa shape index (κ1) is 19.1. The highest BCUT2D eigenvalue weighted by Gasteiger charge is 2.17. The molecule has 1 N–H and O–H groups in total. The van der Waals surface area contributed by atoms with Gasteiger partial charge >= 0.3 is 5.97 Å². The van der Waals surface area contributed by atoms with Crippen molar-refractivity contribution in [1.82, 2.24) is 4.98 Å². The molecule has 0 bridgehead atoms. The number of rotatable bonds is 7. The molecule has 0 aliphatic heterocycles. The fraction of sp³-hybridized carbons (Fsp3) is 0.158. The Hall–Kier alpha value is -2.71. The van der Waals surface area contributed by atoms with Crippen LogP contribution in [-0.2, 0) is 9.53 Å². The number of carbonyl (C=O) groups excluding carboxylic acids is 1. The van der Waals surface area contributed by atoms with Crippen LogP contribution in [0, 0.1) is 0 Å². The van der Waals surface area contributed by atoms with E-state index < -0.39 is 5.97 Å². The summed E-state index contributed by atoms with van der Waals surface area (Å²) >= 11 is 2.86. The van der Waals surface area contributed by atoms with Crippen LogP contribution in [-0.4, -0.2) is 28.4 Å². The number of thiazole rings is 1. The number of fused-ring (bicyclic) bond motifs is 1. The van der Waals surface area contributed by atoms with Gasteiger partial charge in [-0.05, 0) is 31.2 Å². The van der Waals surface area contributed by atoms with Crippen molar-refractivity contribution in [3.05, 3.63) is 66.1 Å². The van der Waals surface area contributed by atoms with Crippen LogP contribution in [0.25, 0.3) is 10.2 Å². The predicted octanol–water partition coefficient (Wildman–Crippen LogP) is 5.51. The molecule has 0 amide bonds. The fourth-order valence-corrected chi connectivity index (χ4v) is 4.07. The molecule has 2 aromatic carbocycles. The summed E-state index contributed by atoms with van der Waals surface area (Å²) in [5.41, 5.74) is 1.28. The highest BCUT2D eigenvalue weighted by molar-refractivity contribution is 8.01. The zero-order valence-corrected chi connectivity index (χ0v) is 16.2. The number of ether oxygens (including phenoxy) is 1. The first-order valence-corrected chi connectivity index (χ1v) is 10.0. The first-order chi connectivity index (χ1) is 13.2. The lowest BCUT2D eigenvalue weighted by molar-refractivity contribution is -0.138. The van der Waals surface area contributed by atoms with Gasteiger partial charge in [-0.15, -0.1) is 16.5 Å². The molecular formula is C19H17N3O3S2. The van der Waals surface area contributed by atoms with Gasteiger partial charge in [-0.3, -0.25) is 0 Å². The second-order valence-corrected chi connectivity index (χ2v) is 7.54. The van der Waals surface area contributed by atoms with E-state index in [0.717, 1.165) is 14.6 Å². The number of hydrogen-bond acceptors (Lipinski definition) is 8. The lowest BCUT2D eigenvalue weighted by Gasteiger charge is -2.04. The maximum atomic E-state index is 12.1. The summed E-state index contributed by atoms with van der Waals surface area (Å²) in [6.45, 7) is 1.87. The summed E-state index contributed by atoms with van der Waals surface area (Å²) in [6, 6.07) is 16.8. The van der Waals surface area contributed by atoms with Crippen molar-refractivity contribution in [3.63, 3.8) is 0 Å². The van der Waals surface area contributed by atoms with E-state index in [1.165, 1.54) is 23.1 Å². The Balaban J connectivity index is 1.78. The first-order valence-electron chi connectivity index (χ1n) is 8.21. The number of aliphatic hydroxyl groups excluding tert-OH is 1. The van der Waals surface area contributed by atoms with E-state index in [-0.39, 0.29) is 23.8 Å². The van der Waals surface area contributed by atoms with Gasteiger partial charge in [0.2, 0.25) is 5.70 Å². The Kier molecular flexibility index (Phi) is 6.56. The number of azo groups is 1. The largest absolute Gasteiger partial charge is 0.509 e. The Morgan fingerprint density at radius 3 is 2.67 bits per heavy atom. The molecule has 3 aromatic rings. The quantitative estimate of drug-likeness (QED) is 0.186. The van der Waals surface area contributed by atoms with Crippen molar-refractivity contribution in [2.75, 3.05) is 12.4 Å². The standard InChI is InChI=1S/C19H17N3O3S2/c1-2-25-18(24)17(22-21-13-8-4-3-5-9-13)15(23)12-26-19-20-14-10-6-7-11-16(14)27-19/h3-11,23H,2,12H2,1H3/b17-15+,22-21?. The van der Waals surface area contributed by atoms with Crippen LogP contribution in [0.2, 0.25) is 0 Å². The van der Waals surface area contributed by atoms with Crippen molar-refractivity contribution in [3.8, 4) is 0 Å². The molecule has 0 aliphatic carbocycles. The van der Waals surface area contributed by atoms with Crippen LogP contribution in [0.15, 0.2) is 80.6 Å². The number of carbonyl (C=O) groups is 1. The van der Waals surface area contributed by atoms with E-state index in [1.807, 2.05) is 42.5 Å². The van der Waals surface area contributed by atoms with Gasteiger partial charge in [0.25, 0.3) is 0 Å². The molecule has 0 unspecified atom stereocenters. The highest BCUT2D eigenvalue weighted by atomic mass is 32.2. The third-order valence-corrected chi connectivity index (χ3v) is 5.56. The molecule has 0 saturated carbocycles. The van der Waals surface area contributed by atoms with Crippen LogP contribution in [0.4, 0.5) is 5.69 Å². The number of aliphatic hydroxyl groups is 1. The Morgan fingerprint density at radius 2 is 1.93 bits per heavy atom. The number of para-hydroxylation sites is 1. The number of esters is 1. The maximum Gasteiger partial charge on any atom is 0.362 e. The van der Waals surface area contributed by atoms with Crippen LogP contribution in [0.1, 0.15) is 6.92 Å². The fourth-order valence-electron chi connectivity index (χ4n) is 2.13. The van der Waals surface area contributed by atoms with E-state index in [9.17, 15) is 9.90 Å². The van der Waals surface area contributed by atoms with Crippen LogP contribution < -0.4 is 0 Å². The van der Waals surface area contributed by atoms with E-state index in [1.54, 1.807) is 19.1 Å². The van der Waals surface area contributed by atoms with E-state index in [4.69, 9.17) is 4.74 Å². The molecule has 3 rings (SSSR count). The van der Waals surface area contributed by atoms with Gasteiger partial charge in [-0.1, -0.05) is 42.1 Å². The number of aromatic nitrogens is 1. The van der Waals surface area contributed by atoms with Crippen molar-refractivity contribution in [2.45, 2.75) is 11.3 Å². The van der Waals surface area contributed by atoms with Crippen LogP contribution >= 0.6 is 23.1 Å². The van der Waals surface area contributed by atoms with Gasteiger partial charge in [0, 0.05) is 0 Å². The second-order valence-electron chi connectivity index (χ2n) is 5.29. The minimum Gasteiger partial charge on any atom is -0.509 e. The smallest absolute Gasteiger partial charge is 0.362 e. The molecular weight excluding hydrogens is 382 g/mol. The molecule has 8 heteroatoms. The van der Waals surface area contributed by atoms with Crippen molar-refractivity contribution in [1.29, 1.82) is 0 Å². The molecule has 6 nitrogen and oxygen atoms in total. The van der Waals surface area contributed by atoms with Crippen LogP contribution in [0.3, 0.4) is 0 Å². The van der Waals surface area contributed by atoms with Gasteiger partial charge in [0.05, 0.1) is 28.3 Å². The molecule has 0 fully saturated rings. The molecule has 1 aromatic heterocycles. The predicted molar refractivity (Wildman–Crippen MR) is 108 cm³/mol. The zero-order valence-electron chi connectivity index (χ0n) is 14.5. The summed E-state index contributed by atoms with van der Waals surface area (Å²) in [6.07, 6.45) is 0. The monoisotopic (exact) mass is 399 g/mol. The second kappa shape index (κ2) is 9.29. The van der Waals surface area contributed by atoms with Crippen molar-refractivity contribution < 1.29 is 14.6 Å².